The third-order valence-electron chi connectivity index (χ3n) is 3.74. The minimum Gasteiger partial charge on any atom is -0.309 e. The number of aryl methyl sites for hydroxylation is 1. The van der Waals surface area contributed by atoms with E-state index in [2.05, 4.69) is 52.8 Å². The second kappa shape index (κ2) is 4.91. The van der Waals surface area contributed by atoms with Crippen molar-refractivity contribution in [2.24, 2.45) is 0 Å². The fourth-order valence-corrected chi connectivity index (χ4v) is 2.78. The van der Waals surface area contributed by atoms with E-state index in [1.165, 1.54) is 17.5 Å². The molecule has 0 bridgehead atoms. The summed E-state index contributed by atoms with van der Waals surface area (Å²) in [4.78, 5) is 4.41. The Bertz CT molecular complexity index is 504. The number of aromatic nitrogens is 1. The van der Waals surface area contributed by atoms with Crippen LogP contribution in [0.2, 0.25) is 0 Å². The van der Waals surface area contributed by atoms with Gasteiger partial charge in [0.25, 0.3) is 0 Å². The van der Waals surface area contributed by atoms with E-state index in [-0.39, 0.29) is 0 Å². The number of hydrogen-bond acceptors (Lipinski definition) is 2. The van der Waals surface area contributed by atoms with E-state index in [0.29, 0.717) is 12.0 Å². The maximum Gasteiger partial charge on any atom is 0.0405 e. The SMILES string of the molecule is Cc1ccc(C2NCCC2c2ccccc2)cn1. The maximum atomic E-state index is 4.41. The van der Waals surface area contributed by atoms with Crippen LogP contribution in [-0.4, -0.2) is 11.5 Å². The zero-order valence-corrected chi connectivity index (χ0v) is 10.6. The Balaban J connectivity index is 1.90. The summed E-state index contributed by atoms with van der Waals surface area (Å²) in [5, 5.41) is 3.60. The van der Waals surface area contributed by atoms with Crippen LogP contribution in [0.15, 0.2) is 48.7 Å². The number of hydrogen-bond donors (Lipinski definition) is 1. The molecule has 0 saturated carbocycles. The molecule has 1 fully saturated rings. The molecule has 2 aromatic rings. The first-order valence-corrected chi connectivity index (χ1v) is 6.55. The van der Waals surface area contributed by atoms with Gasteiger partial charge in [-0.25, -0.2) is 0 Å². The lowest BCUT2D eigenvalue weighted by atomic mass is 9.88. The summed E-state index contributed by atoms with van der Waals surface area (Å²) in [5.41, 5.74) is 3.80. The number of nitrogens with zero attached hydrogens (tertiary/aromatic N) is 1. The molecule has 92 valence electrons. The van der Waals surface area contributed by atoms with Crippen molar-refractivity contribution in [3.8, 4) is 0 Å². The molecule has 1 aliphatic rings. The number of benzene rings is 1. The highest BCUT2D eigenvalue weighted by Gasteiger charge is 2.29. The van der Waals surface area contributed by atoms with Gasteiger partial charge in [0.1, 0.15) is 0 Å². The van der Waals surface area contributed by atoms with Crippen LogP contribution in [0.4, 0.5) is 0 Å². The highest BCUT2D eigenvalue weighted by Crippen LogP contribution is 2.37. The van der Waals surface area contributed by atoms with E-state index >= 15 is 0 Å². The van der Waals surface area contributed by atoms with Gasteiger partial charge in [-0.05, 0) is 37.1 Å². The van der Waals surface area contributed by atoms with Crippen molar-refractivity contribution < 1.29 is 0 Å². The molecule has 2 nitrogen and oxygen atoms in total. The number of rotatable bonds is 2. The smallest absolute Gasteiger partial charge is 0.0405 e. The molecule has 1 aromatic carbocycles. The van der Waals surface area contributed by atoms with Crippen LogP contribution in [0.25, 0.3) is 0 Å². The van der Waals surface area contributed by atoms with Crippen molar-refractivity contribution in [2.75, 3.05) is 6.54 Å². The van der Waals surface area contributed by atoms with Gasteiger partial charge in [-0.1, -0.05) is 36.4 Å². The first-order chi connectivity index (χ1) is 8.84. The van der Waals surface area contributed by atoms with Gasteiger partial charge < -0.3 is 5.32 Å². The van der Waals surface area contributed by atoms with Crippen LogP contribution in [0.1, 0.15) is 35.2 Å². The Kier molecular flexibility index (Phi) is 3.11. The largest absolute Gasteiger partial charge is 0.309 e. The van der Waals surface area contributed by atoms with E-state index in [1.807, 2.05) is 13.1 Å². The van der Waals surface area contributed by atoms with Crippen molar-refractivity contribution in [2.45, 2.75) is 25.3 Å². The van der Waals surface area contributed by atoms with Gasteiger partial charge in [0.15, 0.2) is 0 Å². The van der Waals surface area contributed by atoms with Crippen LogP contribution < -0.4 is 5.32 Å². The van der Waals surface area contributed by atoms with Gasteiger partial charge in [0.05, 0.1) is 0 Å². The first kappa shape index (κ1) is 11.4. The van der Waals surface area contributed by atoms with E-state index in [4.69, 9.17) is 0 Å². The summed E-state index contributed by atoms with van der Waals surface area (Å²) >= 11 is 0. The van der Waals surface area contributed by atoms with Crippen molar-refractivity contribution in [3.05, 3.63) is 65.5 Å². The van der Waals surface area contributed by atoms with Crippen LogP contribution in [0, 0.1) is 6.92 Å². The quantitative estimate of drug-likeness (QED) is 0.869. The van der Waals surface area contributed by atoms with Gasteiger partial charge in [0.2, 0.25) is 0 Å². The zero-order valence-electron chi connectivity index (χ0n) is 10.6. The van der Waals surface area contributed by atoms with E-state index in [9.17, 15) is 0 Å². The Labute approximate surface area is 108 Å². The van der Waals surface area contributed by atoms with Crippen molar-refractivity contribution in [1.82, 2.24) is 10.3 Å². The molecule has 2 unspecified atom stereocenters. The molecule has 0 spiro atoms. The molecule has 1 N–H and O–H groups in total. The van der Waals surface area contributed by atoms with Crippen molar-refractivity contribution >= 4 is 0 Å². The van der Waals surface area contributed by atoms with E-state index < -0.39 is 0 Å². The summed E-state index contributed by atoms with van der Waals surface area (Å²) in [7, 11) is 0. The lowest BCUT2D eigenvalue weighted by molar-refractivity contribution is 0.576. The minimum absolute atomic E-state index is 0.403. The first-order valence-electron chi connectivity index (χ1n) is 6.55. The Morgan fingerprint density at radius 3 is 2.61 bits per heavy atom. The molecule has 18 heavy (non-hydrogen) atoms. The second-order valence-corrected chi connectivity index (χ2v) is 4.97. The second-order valence-electron chi connectivity index (χ2n) is 4.97. The summed E-state index contributed by atoms with van der Waals surface area (Å²) in [6.45, 7) is 3.11. The molecule has 0 radical (unpaired) electrons. The summed E-state index contributed by atoms with van der Waals surface area (Å²) in [5.74, 6) is 0.565. The highest BCUT2D eigenvalue weighted by atomic mass is 15.0. The fourth-order valence-electron chi connectivity index (χ4n) is 2.78. The third-order valence-corrected chi connectivity index (χ3v) is 3.74. The topological polar surface area (TPSA) is 24.9 Å². The monoisotopic (exact) mass is 238 g/mol. The van der Waals surface area contributed by atoms with Gasteiger partial charge in [-0.15, -0.1) is 0 Å². The summed E-state index contributed by atoms with van der Waals surface area (Å²) < 4.78 is 0. The summed E-state index contributed by atoms with van der Waals surface area (Å²) in [6, 6.07) is 15.5. The number of nitrogens with one attached hydrogen (secondary N) is 1. The van der Waals surface area contributed by atoms with Crippen molar-refractivity contribution in [3.63, 3.8) is 0 Å². The van der Waals surface area contributed by atoms with Gasteiger partial charge in [-0.3, -0.25) is 4.98 Å². The van der Waals surface area contributed by atoms with Crippen LogP contribution in [-0.2, 0) is 0 Å². The summed E-state index contributed by atoms with van der Waals surface area (Å²) in [6.07, 6.45) is 3.21. The lowest BCUT2D eigenvalue weighted by Crippen LogP contribution is -2.17. The molecule has 2 heteroatoms. The third kappa shape index (κ3) is 2.16. The lowest BCUT2D eigenvalue weighted by Gasteiger charge is -2.20. The van der Waals surface area contributed by atoms with Gasteiger partial charge in [-0.2, -0.15) is 0 Å². The normalized spacial score (nSPS) is 23.2. The number of pyridine rings is 1. The molecule has 1 saturated heterocycles. The predicted molar refractivity (Wildman–Crippen MR) is 73.5 cm³/mol. The standard InChI is InChI=1S/C16H18N2/c1-12-7-8-14(11-18-12)16-15(9-10-17-16)13-5-3-2-4-6-13/h2-8,11,15-17H,9-10H2,1H3. The highest BCUT2D eigenvalue weighted by molar-refractivity contribution is 5.28. The Morgan fingerprint density at radius 1 is 1.06 bits per heavy atom. The average Bonchev–Trinajstić information content (AvgIpc) is 2.90. The van der Waals surface area contributed by atoms with E-state index in [1.54, 1.807) is 0 Å². The Morgan fingerprint density at radius 2 is 1.89 bits per heavy atom. The zero-order chi connectivity index (χ0) is 12.4. The van der Waals surface area contributed by atoms with Crippen LogP contribution >= 0.6 is 0 Å². The molecular formula is C16H18N2. The molecule has 1 aromatic heterocycles. The van der Waals surface area contributed by atoms with Gasteiger partial charge in [0, 0.05) is 23.9 Å². The molecule has 0 aliphatic carbocycles. The fraction of sp³-hybridized carbons (Fsp3) is 0.312. The molecular weight excluding hydrogens is 220 g/mol. The average molecular weight is 238 g/mol. The maximum absolute atomic E-state index is 4.41. The van der Waals surface area contributed by atoms with Crippen LogP contribution in [0.5, 0.6) is 0 Å². The van der Waals surface area contributed by atoms with E-state index in [0.717, 1.165) is 12.2 Å². The molecule has 2 heterocycles. The molecule has 2 atom stereocenters. The molecule has 0 amide bonds. The molecule has 1 aliphatic heterocycles. The molecule has 3 rings (SSSR count). The minimum atomic E-state index is 0.403. The van der Waals surface area contributed by atoms with Crippen LogP contribution in [0.3, 0.4) is 0 Å². The van der Waals surface area contributed by atoms with Crippen molar-refractivity contribution in [1.29, 1.82) is 0 Å². The Hall–Kier alpha value is -1.67. The predicted octanol–water partition coefficient (Wildman–Crippen LogP) is 3.21. The van der Waals surface area contributed by atoms with Gasteiger partial charge >= 0.3 is 0 Å².